The molecule has 2 aliphatic heterocycles. The maximum Gasteiger partial charge on any atom is 0.241 e. The van der Waals surface area contributed by atoms with Gasteiger partial charge in [-0.1, -0.05) is 6.92 Å². The number of carbonyl (C=O) groups is 1. The SMILES string of the molecule is CCC1NC(c2ccc(C)s2)N(C2CCS(=O)CC2)C1=O. The Morgan fingerprint density at radius 3 is 2.67 bits per heavy atom. The molecule has 0 radical (unpaired) electrons. The summed E-state index contributed by atoms with van der Waals surface area (Å²) < 4.78 is 11.6. The molecule has 1 aromatic heterocycles. The van der Waals surface area contributed by atoms with E-state index in [0.717, 1.165) is 30.8 Å². The third-order valence-corrected chi connectivity index (χ3v) is 6.81. The molecule has 21 heavy (non-hydrogen) atoms. The van der Waals surface area contributed by atoms with Gasteiger partial charge in [0.25, 0.3) is 0 Å². The van der Waals surface area contributed by atoms with Crippen LogP contribution < -0.4 is 5.32 Å². The van der Waals surface area contributed by atoms with Crippen molar-refractivity contribution >= 4 is 28.0 Å². The van der Waals surface area contributed by atoms with Crippen LogP contribution in [0.25, 0.3) is 0 Å². The van der Waals surface area contributed by atoms with E-state index in [2.05, 4.69) is 24.4 Å². The van der Waals surface area contributed by atoms with Gasteiger partial charge in [0.1, 0.15) is 6.17 Å². The summed E-state index contributed by atoms with van der Waals surface area (Å²) in [5.74, 6) is 1.66. The van der Waals surface area contributed by atoms with E-state index >= 15 is 0 Å². The van der Waals surface area contributed by atoms with Gasteiger partial charge in [-0.2, -0.15) is 0 Å². The summed E-state index contributed by atoms with van der Waals surface area (Å²) >= 11 is 1.75. The van der Waals surface area contributed by atoms with E-state index < -0.39 is 10.8 Å². The van der Waals surface area contributed by atoms with Crippen molar-refractivity contribution < 1.29 is 9.00 Å². The molecule has 1 amide bonds. The third-order valence-electron chi connectivity index (χ3n) is 4.38. The first-order chi connectivity index (χ1) is 10.1. The Bertz CT molecular complexity index is 548. The fourth-order valence-electron chi connectivity index (χ4n) is 3.21. The van der Waals surface area contributed by atoms with Gasteiger partial charge in [-0.3, -0.25) is 14.3 Å². The summed E-state index contributed by atoms with van der Waals surface area (Å²) in [4.78, 5) is 17.2. The summed E-state index contributed by atoms with van der Waals surface area (Å²) in [6.07, 6.45) is 2.53. The van der Waals surface area contributed by atoms with Crippen LogP contribution in [-0.2, 0) is 15.6 Å². The van der Waals surface area contributed by atoms with Crippen molar-refractivity contribution in [3.8, 4) is 0 Å². The lowest BCUT2D eigenvalue weighted by molar-refractivity contribution is -0.132. The topological polar surface area (TPSA) is 49.4 Å². The lowest BCUT2D eigenvalue weighted by Crippen LogP contribution is -2.43. The molecule has 2 aliphatic rings. The van der Waals surface area contributed by atoms with Crippen LogP contribution in [0.1, 0.15) is 42.1 Å². The predicted molar refractivity (Wildman–Crippen MR) is 86.8 cm³/mol. The summed E-state index contributed by atoms with van der Waals surface area (Å²) in [7, 11) is -0.690. The van der Waals surface area contributed by atoms with Gasteiger partial charge in [-0.15, -0.1) is 11.3 Å². The highest BCUT2D eigenvalue weighted by Gasteiger charge is 2.43. The Labute approximate surface area is 132 Å². The molecule has 2 saturated heterocycles. The first-order valence-electron chi connectivity index (χ1n) is 7.59. The van der Waals surface area contributed by atoms with Crippen molar-refractivity contribution in [1.29, 1.82) is 0 Å². The smallest absolute Gasteiger partial charge is 0.241 e. The molecule has 116 valence electrons. The minimum Gasteiger partial charge on any atom is -0.318 e. The van der Waals surface area contributed by atoms with Gasteiger partial charge in [-0.05, 0) is 38.3 Å². The van der Waals surface area contributed by atoms with Gasteiger partial charge in [-0.25, -0.2) is 0 Å². The summed E-state index contributed by atoms with van der Waals surface area (Å²) in [5, 5.41) is 3.49. The van der Waals surface area contributed by atoms with Crippen LogP contribution in [0.15, 0.2) is 12.1 Å². The monoisotopic (exact) mass is 326 g/mol. The van der Waals surface area contributed by atoms with E-state index in [1.165, 1.54) is 9.75 Å². The molecule has 1 N–H and O–H groups in total. The van der Waals surface area contributed by atoms with Crippen molar-refractivity contribution in [3.05, 3.63) is 21.9 Å². The second-order valence-electron chi connectivity index (χ2n) is 5.80. The molecule has 2 unspecified atom stereocenters. The second kappa shape index (κ2) is 6.18. The normalized spacial score (nSPS) is 33.6. The Morgan fingerprint density at radius 2 is 2.10 bits per heavy atom. The van der Waals surface area contributed by atoms with E-state index in [9.17, 15) is 9.00 Å². The van der Waals surface area contributed by atoms with Crippen molar-refractivity contribution in [2.45, 2.75) is 51.4 Å². The van der Waals surface area contributed by atoms with Gasteiger partial charge >= 0.3 is 0 Å². The van der Waals surface area contributed by atoms with Crippen LogP contribution in [0.3, 0.4) is 0 Å². The lowest BCUT2D eigenvalue weighted by atomic mass is 10.1. The number of nitrogens with one attached hydrogen (secondary N) is 1. The van der Waals surface area contributed by atoms with Crippen LogP contribution >= 0.6 is 11.3 Å². The molecule has 0 saturated carbocycles. The van der Waals surface area contributed by atoms with E-state index in [1.807, 2.05) is 11.8 Å². The Morgan fingerprint density at radius 1 is 1.38 bits per heavy atom. The quantitative estimate of drug-likeness (QED) is 0.926. The molecular weight excluding hydrogens is 304 g/mol. The first-order valence-corrected chi connectivity index (χ1v) is 9.90. The van der Waals surface area contributed by atoms with E-state index in [-0.39, 0.29) is 24.2 Å². The zero-order chi connectivity index (χ0) is 15.0. The number of amides is 1. The van der Waals surface area contributed by atoms with Crippen LogP contribution in [0.4, 0.5) is 0 Å². The highest BCUT2D eigenvalue weighted by molar-refractivity contribution is 7.85. The molecule has 0 spiro atoms. The van der Waals surface area contributed by atoms with Crippen LogP contribution in [0.2, 0.25) is 0 Å². The van der Waals surface area contributed by atoms with Crippen molar-refractivity contribution in [1.82, 2.24) is 10.2 Å². The van der Waals surface area contributed by atoms with Crippen LogP contribution in [0, 0.1) is 6.92 Å². The molecule has 0 aromatic carbocycles. The summed E-state index contributed by atoms with van der Waals surface area (Å²) in [6.45, 7) is 4.14. The lowest BCUT2D eigenvalue weighted by Gasteiger charge is -2.34. The Kier molecular flexibility index (Phi) is 4.47. The van der Waals surface area contributed by atoms with Crippen molar-refractivity contribution in [3.63, 3.8) is 0 Å². The predicted octanol–water partition coefficient (Wildman–Crippen LogP) is 2.18. The molecular formula is C15H22N2O2S2. The molecule has 1 aromatic rings. The highest BCUT2D eigenvalue weighted by atomic mass is 32.2. The standard InChI is InChI=1S/C15H22N2O2S2/c1-3-12-15(18)17(11-6-8-21(19)9-7-11)14(16-12)13-5-4-10(2)20-13/h4-5,11-12,14,16H,3,6-9H2,1-2H3. The van der Waals surface area contributed by atoms with Gasteiger partial charge in [0, 0.05) is 38.1 Å². The number of thiophene rings is 1. The number of aryl methyl sites for hydroxylation is 1. The average Bonchev–Trinajstić information content (AvgIpc) is 3.03. The maximum absolute atomic E-state index is 12.7. The minimum atomic E-state index is -0.690. The van der Waals surface area contributed by atoms with Crippen LogP contribution in [-0.4, -0.2) is 38.6 Å². The molecule has 3 rings (SSSR count). The Balaban J connectivity index is 1.86. The molecule has 3 heterocycles. The number of hydrogen-bond donors (Lipinski definition) is 1. The van der Waals surface area contributed by atoms with Crippen molar-refractivity contribution in [2.24, 2.45) is 0 Å². The zero-order valence-electron chi connectivity index (χ0n) is 12.5. The van der Waals surface area contributed by atoms with E-state index in [0.29, 0.717) is 0 Å². The van der Waals surface area contributed by atoms with Gasteiger partial charge in [0.2, 0.25) is 5.91 Å². The molecule has 2 fully saturated rings. The van der Waals surface area contributed by atoms with Gasteiger partial charge in [0.15, 0.2) is 0 Å². The number of rotatable bonds is 3. The fraction of sp³-hybridized carbons (Fsp3) is 0.667. The first kappa shape index (κ1) is 15.2. The second-order valence-corrected chi connectivity index (χ2v) is 8.82. The van der Waals surface area contributed by atoms with Crippen LogP contribution in [0.5, 0.6) is 0 Å². The van der Waals surface area contributed by atoms with Gasteiger partial charge < -0.3 is 4.90 Å². The largest absolute Gasteiger partial charge is 0.318 e. The number of nitrogens with zero attached hydrogens (tertiary/aromatic N) is 1. The van der Waals surface area contributed by atoms with E-state index in [1.54, 1.807) is 11.3 Å². The highest BCUT2D eigenvalue weighted by Crippen LogP contribution is 2.35. The number of carbonyl (C=O) groups excluding carboxylic acids is 1. The maximum atomic E-state index is 12.7. The molecule has 4 nitrogen and oxygen atoms in total. The molecule has 0 bridgehead atoms. The fourth-order valence-corrected chi connectivity index (χ4v) is 5.42. The Hall–Kier alpha value is -0.720. The summed E-state index contributed by atoms with van der Waals surface area (Å²) in [6, 6.07) is 4.38. The molecule has 0 aliphatic carbocycles. The van der Waals surface area contributed by atoms with Crippen molar-refractivity contribution in [2.75, 3.05) is 11.5 Å². The third kappa shape index (κ3) is 2.94. The number of hydrogen-bond acceptors (Lipinski definition) is 4. The molecule has 6 heteroatoms. The minimum absolute atomic E-state index is 0.00214. The summed E-state index contributed by atoms with van der Waals surface area (Å²) in [5.41, 5.74) is 0. The van der Waals surface area contributed by atoms with E-state index in [4.69, 9.17) is 0 Å². The average molecular weight is 326 g/mol. The zero-order valence-corrected chi connectivity index (χ0v) is 14.1. The molecule has 2 atom stereocenters. The van der Waals surface area contributed by atoms with Gasteiger partial charge in [0.05, 0.1) is 6.04 Å².